The Bertz CT molecular complexity index is 627. The molecule has 3 rings (SSSR count). The second kappa shape index (κ2) is 10.0. The topological polar surface area (TPSA) is 58.8 Å². The van der Waals surface area contributed by atoms with Crippen LogP contribution >= 0.6 is 24.8 Å². The van der Waals surface area contributed by atoms with Gasteiger partial charge in [0.2, 0.25) is 5.91 Å². The quantitative estimate of drug-likeness (QED) is 0.814. The monoisotopic (exact) mass is 421 g/mol. The first-order chi connectivity index (χ1) is 11.9. The third-order valence-corrected chi connectivity index (χ3v) is 5.47. The van der Waals surface area contributed by atoms with Gasteiger partial charge in [-0.15, -0.1) is 24.8 Å². The Morgan fingerprint density at radius 1 is 1.22 bits per heavy atom. The first-order valence-electron chi connectivity index (χ1n) is 9.01. The van der Waals surface area contributed by atoms with E-state index in [4.69, 9.17) is 10.5 Å². The van der Waals surface area contributed by atoms with Gasteiger partial charge in [0.25, 0.3) is 0 Å². The number of nitrogens with zero attached hydrogens (tertiary/aromatic N) is 2. The summed E-state index contributed by atoms with van der Waals surface area (Å²) in [6.07, 6.45) is 0.770. The van der Waals surface area contributed by atoms with Gasteiger partial charge < -0.3 is 15.4 Å². The second-order valence-corrected chi connectivity index (χ2v) is 7.72. The lowest BCUT2D eigenvalue weighted by atomic mass is 9.79. The molecule has 0 spiro atoms. The van der Waals surface area contributed by atoms with E-state index in [1.807, 2.05) is 9.80 Å². The lowest BCUT2D eigenvalue weighted by Gasteiger charge is -2.45. The summed E-state index contributed by atoms with van der Waals surface area (Å²) in [6, 6.07) is 6.06. The van der Waals surface area contributed by atoms with Crippen molar-refractivity contribution in [1.82, 2.24) is 9.80 Å². The van der Waals surface area contributed by atoms with E-state index < -0.39 is 6.04 Å². The largest absolute Gasteiger partial charge is 0.379 e. The Balaban J connectivity index is 0.00000182. The molecule has 0 bridgehead atoms. The van der Waals surface area contributed by atoms with E-state index in [-0.39, 0.29) is 48.0 Å². The zero-order valence-corrected chi connectivity index (χ0v) is 17.5. The number of likely N-dealkylation sites (tertiary alicyclic amines) is 1. The van der Waals surface area contributed by atoms with Crippen LogP contribution < -0.4 is 5.73 Å². The van der Waals surface area contributed by atoms with Crippen LogP contribution in [0.1, 0.15) is 31.9 Å². The third kappa shape index (κ3) is 5.33. The van der Waals surface area contributed by atoms with Crippen LogP contribution in [-0.4, -0.2) is 61.1 Å². The highest BCUT2D eigenvalue weighted by Crippen LogP contribution is 2.32. The SMILES string of the molecule is CC1(C)CN(C(=O)C(c2ccccc2F)N2CCOCC2)CCC1N.Cl.Cl. The fraction of sp³-hybridized carbons (Fsp3) is 0.632. The van der Waals surface area contributed by atoms with E-state index >= 15 is 0 Å². The Labute approximate surface area is 173 Å². The highest BCUT2D eigenvalue weighted by molar-refractivity contribution is 5.85. The molecule has 1 aromatic carbocycles. The lowest BCUT2D eigenvalue weighted by molar-refractivity contribution is -0.142. The van der Waals surface area contributed by atoms with Crippen LogP contribution in [0.3, 0.4) is 0 Å². The molecule has 2 atom stereocenters. The Kier molecular flexibility index (Phi) is 8.96. The highest BCUT2D eigenvalue weighted by atomic mass is 35.5. The number of morpholine rings is 1. The molecule has 2 fully saturated rings. The molecule has 0 aliphatic carbocycles. The van der Waals surface area contributed by atoms with Gasteiger partial charge in [-0.05, 0) is 17.9 Å². The van der Waals surface area contributed by atoms with Crippen molar-refractivity contribution in [1.29, 1.82) is 0 Å². The first kappa shape index (κ1) is 24.1. The Morgan fingerprint density at radius 3 is 2.44 bits per heavy atom. The molecular formula is C19H30Cl2FN3O2. The number of piperidine rings is 1. The molecule has 0 saturated carbocycles. The second-order valence-electron chi connectivity index (χ2n) is 7.72. The van der Waals surface area contributed by atoms with Gasteiger partial charge in [-0.1, -0.05) is 32.0 Å². The number of carbonyl (C=O) groups excluding carboxylic acids is 1. The number of halogens is 3. The molecule has 2 unspecified atom stereocenters. The number of nitrogens with two attached hydrogens (primary N) is 1. The smallest absolute Gasteiger partial charge is 0.244 e. The summed E-state index contributed by atoms with van der Waals surface area (Å²) in [7, 11) is 0. The number of benzene rings is 1. The number of hydrogen-bond acceptors (Lipinski definition) is 4. The fourth-order valence-corrected chi connectivity index (χ4v) is 3.75. The predicted molar refractivity (Wildman–Crippen MR) is 109 cm³/mol. The predicted octanol–water partition coefficient (Wildman–Crippen LogP) is 2.63. The maximum atomic E-state index is 14.5. The van der Waals surface area contributed by atoms with E-state index in [1.54, 1.807) is 18.2 Å². The third-order valence-electron chi connectivity index (χ3n) is 5.47. The van der Waals surface area contributed by atoms with E-state index in [2.05, 4.69) is 13.8 Å². The van der Waals surface area contributed by atoms with Crippen molar-refractivity contribution in [2.75, 3.05) is 39.4 Å². The molecule has 2 saturated heterocycles. The van der Waals surface area contributed by atoms with Gasteiger partial charge in [-0.2, -0.15) is 0 Å². The normalized spacial score (nSPS) is 23.7. The minimum Gasteiger partial charge on any atom is -0.379 e. The molecule has 2 heterocycles. The van der Waals surface area contributed by atoms with Crippen LogP contribution in [0, 0.1) is 11.2 Å². The molecule has 2 aliphatic rings. The summed E-state index contributed by atoms with van der Waals surface area (Å²) in [5.74, 6) is -0.368. The van der Waals surface area contributed by atoms with Crippen LogP contribution in [0.15, 0.2) is 24.3 Å². The molecular weight excluding hydrogens is 392 g/mol. The molecule has 5 nitrogen and oxygen atoms in total. The molecule has 154 valence electrons. The van der Waals surface area contributed by atoms with Crippen molar-refractivity contribution >= 4 is 30.7 Å². The van der Waals surface area contributed by atoms with Gasteiger partial charge in [-0.25, -0.2) is 4.39 Å². The van der Waals surface area contributed by atoms with Crippen LogP contribution in [0.25, 0.3) is 0 Å². The summed E-state index contributed by atoms with van der Waals surface area (Å²) < 4.78 is 19.9. The Morgan fingerprint density at radius 2 is 1.85 bits per heavy atom. The molecule has 1 amide bonds. The molecule has 8 heteroatoms. The number of carbonyl (C=O) groups is 1. The fourth-order valence-electron chi connectivity index (χ4n) is 3.75. The maximum Gasteiger partial charge on any atom is 0.244 e. The molecule has 0 radical (unpaired) electrons. The zero-order valence-electron chi connectivity index (χ0n) is 15.9. The zero-order chi connectivity index (χ0) is 18.0. The van der Waals surface area contributed by atoms with Crippen molar-refractivity contribution in [3.8, 4) is 0 Å². The lowest BCUT2D eigenvalue weighted by Crippen LogP contribution is -2.56. The van der Waals surface area contributed by atoms with Crippen LogP contribution in [-0.2, 0) is 9.53 Å². The van der Waals surface area contributed by atoms with E-state index in [1.165, 1.54) is 6.07 Å². The van der Waals surface area contributed by atoms with Gasteiger partial charge in [-0.3, -0.25) is 9.69 Å². The summed E-state index contributed by atoms with van der Waals surface area (Å²) in [4.78, 5) is 17.3. The molecule has 2 N–H and O–H groups in total. The van der Waals surface area contributed by atoms with E-state index in [0.717, 1.165) is 6.42 Å². The average molecular weight is 422 g/mol. The number of ether oxygens (including phenoxy) is 1. The standard InChI is InChI=1S/C19H28FN3O2.2ClH/c1-19(2)13-23(8-7-16(19)21)18(24)17(22-9-11-25-12-10-22)14-5-3-4-6-15(14)20;;/h3-6,16-17H,7-13,21H2,1-2H3;2*1H. The minimum atomic E-state index is -0.602. The summed E-state index contributed by atoms with van der Waals surface area (Å²) in [5.41, 5.74) is 6.51. The number of hydrogen-bond donors (Lipinski definition) is 1. The average Bonchev–Trinajstić information content (AvgIpc) is 2.60. The van der Waals surface area contributed by atoms with Gasteiger partial charge in [0.15, 0.2) is 0 Å². The molecule has 0 aromatic heterocycles. The first-order valence-corrected chi connectivity index (χ1v) is 9.01. The molecule has 2 aliphatic heterocycles. The number of amides is 1. The summed E-state index contributed by atoms with van der Waals surface area (Å²) in [6.45, 7) is 7.78. The van der Waals surface area contributed by atoms with Gasteiger partial charge in [0, 0.05) is 37.8 Å². The van der Waals surface area contributed by atoms with Crippen molar-refractivity contribution in [3.63, 3.8) is 0 Å². The molecule has 1 aromatic rings. The summed E-state index contributed by atoms with van der Waals surface area (Å²) in [5, 5.41) is 0. The number of rotatable bonds is 3. The molecule has 27 heavy (non-hydrogen) atoms. The highest BCUT2D eigenvalue weighted by Gasteiger charge is 2.40. The maximum absolute atomic E-state index is 14.5. The van der Waals surface area contributed by atoms with Crippen molar-refractivity contribution in [2.24, 2.45) is 11.1 Å². The minimum absolute atomic E-state index is 0. The van der Waals surface area contributed by atoms with E-state index in [9.17, 15) is 9.18 Å². The van der Waals surface area contributed by atoms with Gasteiger partial charge in [0.05, 0.1) is 13.2 Å². The van der Waals surface area contributed by atoms with Crippen molar-refractivity contribution < 1.29 is 13.9 Å². The van der Waals surface area contributed by atoms with Gasteiger partial charge >= 0.3 is 0 Å². The van der Waals surface area contributed by atoms with Crippen molar-refractivity contribution in [3.05, 3.63) is 35.6 Å². The van der Waals surface area contributed by atoms with Crippen LogP contribution in [0.5, 0.6) is 0 Å². The van der Waals surface area contributed by atoms with Crippen molar-refractivity contribution in [2.45, 2.75) is 32.4 Å². The van der Waals surface area contributed by atoms with E-state index in [0.29, 0.717) is 45.0 Å². The summed E-state index contributed by atoms with van der Waals surface area (Å²) >= 11 is 0. The van der Waals surface area contributed by atoms with Crippen LogP contribution in [0.2, 0.25) is 0 Å². The van der Waals surface area contributed by atoms with Crippen LogP contribution in [0.4, 0.5) is 4.39 Å². The van der Waals surface area contributed by atoms with Gasteiger partial charge in [0.1, 0.15) is 11.9 Å². The Hall–Kier alpha value is -0.920.